The molecule has 0 amide bonds. The van der Waals surface area contributed by atoms with Gasteiger partial charge >= 0.3 is 0 Å². The smallest absolute Gasteiger partial charge is 0.241 e. The van der Waals surface area contributed by atoms with Gasteiger partial charge in [-0.05, 0) is 17.9 Å². The van der Waals surface area contributed by atoms with Crippen LogP contribution in [0.2, 0.25) is 0 Å². The summed E-state index contributed by atoms with van der Waals surface area (Å²) in [6.07, 6.45) is 0.769. The Morgan fingerprint density at radius 1 is 1.14 bits per heavy atom. The average Bonchev–Trinajstić information content (AvgIpc) is 3.29. The van der Waals surface area contributed by atoms with Crippen molar-refractivity contribution in [2.45, 2.75) is 38.8 Å². The topological polar surface area (TPSA) is 79.5 Å². The number of benzene rings is 1. The summed E-state index contributed by atoms with van der Waals surface area (Å²) in [4.78, 5) is 9.16. The molecule has 0 bridgehead atoms. The van der Waals surface area contributed by atoms with Crippen molar-refractivity contribution in [3.05, 3.63) is 35.7 Å². The van der Waals surface area contributed by atoms with Gasteiger partial charge in [0.15, 0.2) is 9.84 Å². The van der Waals surface area contributed by atoms with Crippen LogP contribution in [0.25, 0.3) is 11.4 Å². The highest BCUT2D eigenvalue weighted by molar-refractivity contribution is 7.91. The van der Waals surface area contributed by atoms with Crippen LogP contribution in [-0.4, -0.2) is 72.1 Å². The third kappa shape index (κ3) is 4.45. The number of rotatable bonds is 5. The van der Waals surface area contributed by atoms with Gasteiger partial charge in [-0.1, -0.05) is 43.3 Å². The Bertz CT molecular complexity index is 900. The number of hydrogen-bond donors (Lipinski definition) is 0. The minimum atomic E-state index is -2.83. The highest BCUT2D eigenvalue weighted by Gasteiger charge is 2.33. The van der Waals surface area contributed by atoms with E-state index < -0.39 is 9.84 Å². The van der Waals surface area contributed by atoms with Crippen LogP contribution in [0.3, 0.4) is 0 Å². The summed E-state index contributed by atoms with van der Waals surface area (Å²) in [7, 11) is -2.83. The Kier molecular flexibility index (Phi) is 5.53. The first kappa shape index (κ1) is 19.5. The van der Waals surface area contributed by atoms with Crippen LogP contribution in [0.15, 0.2) is 28.8 Å². The van der Waals surface area contributed by atoms with Gasteiger partial charge in [-0.25, -0.2) is 8.42 Å². The second-order valence-electron chi connectivity index (χ2n) is 8.16. The molecule has 7 nitrogen and oxygen atoms in total. The van der Waals surface area contributed by atoms with E-state index in [1.807, 2.05) is 12.1 Å². The predicted molar refractivity (Wildman–Crippen MR) is 108 cm³/mol. The molecular weight excluding hydrogens is 376 g/mol. The monoisotopic (exact) mass is 404 g/mol. The zero-order valence-electron chi connectivity index (χ0n) is 16.5. The fourth-order valence-electron chi connectivity index (χ4n) is 3.99. The second kappa shape index (κ2) is 7.93. The summed E-state index contributed by atoms with van der Waals surface area (Å²) in [6.45, 7) is 8.53. The van der Waals surface area contributed by atoms with Crippen LogP contribution in [-0.2, 0) is 16.4 Å². The summed E-state index contributed by atoms with van der Waals surface area (Å²) in [5, 5.41) is 4.13. The molecule has 0 aliphatic carbocycles. The number of aromatic nitrogens is 2. The predicted octanol–water partition coefficient (Wildman–Crippen LogP) is 2.16. The Hall–Kier alpha value is -1.77. The molecule has 3 heterocycles. The fraction of sp³-hybridized carbons (Fsp3) is 0.600. The molecule has 4 rings (SSSR count). The normalized spacial score (nSPS) is 23.5. The molecule has 152 valence electrons. The van der Waals surface area contributed by atoms with Crippen LogP contribution in [0, 0.1) is 0 Å². The molecule has 2 aliphatic rings. The highest BCUT2D eigenvalue weighted by Crippen LogP contribution is 2.22. The lowest BCUT2D eigenvalue weighted by molar-refractivity contribution is 0.0926. The lowest BCUT2D eigenvalue weighted by Gasteiger charge is -2.37. The first-order chi connectivity index (χ1) is 13.4. The Balaban J connectivity index is 1.31. The van der Waals surface area contributed by atoms with E-state index in [0.717, 1.165) is 38.2 Å². The SMILES string of the molecule is CC(C)c1ccc(-c2noc(CN3CCN([C@H]4CCS(=O)(=O)C4)CC3)n2)cc1. The molecule has 8 heteroatoms. The van der Waals surface area contributed by atoms with Crippen molar-refractivity contribution in [2.24, 2.45) is 0 Å². The molecule has 0 unspecified atom stereocenters. The summed E-state index contributed by atoms with van der Waals surface area (Å²) in [5.41, 5.74) is 2.26. The van der Waals surface area contributed by atoms with Gasteiger partial charge in [-0.15, -0.1) is 0 Å². The maximum atomic E-state index is 11.7. The van der Waals surface area contributed by atoms with Gasteiger partial charge in [-0.2, -0.15) is 4.98 Å². The van der Waals surface area contributed by atoms with Gasteiger partial charge in [-0.3, -0.25) is 9.80 Å². The Morgan fingerprint density at radius 3 is 2.46 bits per heavy atom. The van der Waals surface area contributed by atoms with E-state index in [4.69, 9.17) is 4.52 Å². The van der Waals surface area contributed by atoms with Gasteiger partial charge in [0.25, 0.3) is 0 Å². The van der Waals surface area contributed by atoms with Crippen molar-refractivity contribution < 1.29 is 12.9 Å². The van der Waals surface area contributed by atoms with Crippen molar-refractivity contribution in [1.82, 2.24) is 19.9 Å². The third-order valence-corrected chi connectivity index (χ3v) is 7.54. The van der Waals surface area contributed by atoms with Gasteiger partial charge in [0, 0.05) is 37.8 Å². The summed E-state index contributed by atoms with van der Waals surface area (Å²) in [5.74, 6) is 2.40. The van der Waals surface area contributed by atoms with E-state index in [2.05, 4.69) is 45.9 Å². The van der Waals surface area contributed by atoms with Crippen LogP contribution >= 0.6 is 0 Å². The van der Waals surface area contributed by atoms with Crippen molar-refractivity contribution in [2.75, 3.05) is 37.7 Å². The number of sulfone groups is 1. The molecule has 2 saturated heterocycles. The van der Waals surface area contributed by atoms with Gasteiger partial charge in [0.05, 0.1) is 18.1 Å². The summed E-state index contributed by atoms with van der Waals surface area (Å²) >= 11 is 0. The van der Waals surface area contributed by atoms with Crippen LogP contribution < -0.4 is 0 Å². The lowest BCUT2D eigenvalue weighted by atomic mass is 10.0. The van der Waals surface area contributed by atoms with Crippen molar-refractivity contribution in [3.8, 4) is 11.4 Å². The largest absolute Gasteiger partial charge is 0.338 e. The van der Waals surface area contributed by atoms with Crippen molar-refractivity contribution >= 4 is 9.84 Å². The lowest BCUT2D eigenvalue weighted by Crippen LogP contribution is -2.50. The van der Waals surface area contributed by atoms with Crippen LogP contribution in [0.4, 0.5) is 0 Å². The first-order valence-corrected chi connectivity index (χ1v) is 11.8. The Morgan fingerprint density at radius 2 is 1.86 bits per heavy atom. The van der Waals surface area contributed by atoms with E-state index in [0.29, 0.717) is 35.7 Å². The molecule has 28 heavy (non-hydrogen) atoms. The van der Waals surface area contributed by atoms with E-state index in [1.54, 1.807) is 0 Å². The number of piperazine rings is 1. The van der Waals surface area contributed by atoms with E-state index in [9.17, 15) is 8.42 Å². The van der Waals surface area contributed by atoms with Gasteiger partial charge in [0.1, 0.15) is 0 Å². The quantitative estimate of drug-likeness (QED) is 0.755. The summed E-state index contributed by atoms with van der Waals surface area (Å²) in [6, 6.07) is 8.49. The third-order valence-electron chi connectivity index (χ3n) is 5.79. The van der Waals surface area contributed by atoms with Crippen molar-refractivity contribution in [1.29, 1.82) is 0 Å². The number of nitrogens with zero attached hydrogens (tertiary/aromatic N) is 4. The van der Waals surface area contributed by atoms with Gasteiger partial charge in [0.2, 0.25) is 11.7 Å². The second-order valence-corrected chi connectivity index (χ2v) is 10.4. The zero-order chi connectivity index (χ0) is 19.7. The molecule has 1 atom stereocenters. The summed E-state index contributed by atoms with van der Waals surface area (Å²) < 4.78 is 28.8. The van der Waals surface area contributed by atoms with E-state index in [1.165, 1.54) is 5.56 Å². The van der Waals surface area contributed by atoms with Gasteiger partial charge < -0.3 is 4.52 Å². The molecular formula is C20H28N4O3S. The number of hydrogen-bond acceptors (Lipinski definition) is 7. The molecule has 2 fully saturated rings. The molecule has 0 saturated carbocycles. The molecule has 1 aromatic carbocycles. The molecule has 0 radical (unpaired) electrons. The Labute approximate surface area is 166 Å². The standard InChI is InChI=1S/C20H28N4O3S/c1-15(2)16-3-5-17(6-4-16)20-21-19(27-22-20)13-23-8-10-24(11-9-23)18-7-12-28(25,26)14-18/h3-6,15,18H,7-14H2,1-2H3/t18-/m0/s1. The van der Waals surface area contributed by atoms with Crippen LogP contribution in [0.1, 0.15) is 37.6 Å². The highest BCUT2D eigenvalue weighted by atomic mass is 32.2. The molecule has 2 aromatic rings. The van der Waals surface area contributed by atoms with Crippen LogP contribution in [0.5, 0.6) is 0 Å². The zero-order valence-corrected chi connectivity index (χ0v) is 17.4. The maximum Gasteiger partial charge on any atom is 0.241 e. The fourth-order valence-corrected chi connectivity index (χ4v) is 5.76. The van der Waals surface area contributed by atoms with E-state index >= 15 is 0 Å². The molecule has 2 aliphatic heterocycles. The van der Waals surface area contributed by atoms with Crippen molar-refractivity contribution in [3.63, 3.8) is 0 Å². The maximum absolute atomic E-state index is 11.7. The molecule has 0 N–H and O–H groups in total. The first-order valence-electron chi connectivity index (χ1n) is 9.99. The minimum absolute atomic E-state index is 0.191. The average molecular weight is 405 g/mol. The molecule has 0 spiro atoms. The van der Waals surface area contributed by atoms with E-state index in [-0.39, 0.29) is 6.04 Å². The molecule has 1 aromatic heterocycles. The minimum Gasteiger partial charge on any atom is -0.338 e.